The van der Waals surface area contributed by atoms with E-state index in [9.17, 15) is 9.59 Å². The fraction of sp³-hybridized carbons (Fsp3) is 0.300. The second-order valence-electron chi connectivity index (χ2n) is 6.04. The number of fused-ring (bicyclic) bond motifs is 1. The Kier molecular flexibility index (Phi) is 5.53. The molecule has 2 amide bonds. The lowest BCUT2D eigenvalue weighted by atomic mass is 9.90. The van der Waals surface area contributed by atoms with Gasteiger partial charge < -0.3 is 20.1 Å². The van der Waals surface area contributed by atoms with Crippen molar-refractivity contribution in [2.45, 2.75) is 5.92 Å². The third-order valence-corrected chi connectivity index (χ3v) is 4.41. The molecule has 1 atom stereocenters. The van der Waals surface area contributed by atoms with Crippen molar-refractivity contribution in [2.24, 2.45) is 0 Å². The van der Waals surface area contributed by atoms with Crippen LogP contribution >= 0.6 is 0 Å². The Morgan fingerprint density at radius 2 is 1.96 bits per heavy atom. The lowest BCUT2D eigenvalue weighted by Crippen LogP contribution is -2.27. The molecule has 0 fully saturated rings. The molecule has 0 spiro atoms. The Bertz CT molecular complexity index is 805. The summed E-state index contributed by atoms with van der Waals surface area (Å²) in [6, 6.07) is 13.3. The van der Waals surface area contributed by atoms with E-state index in [2.05, 4.69) is 10.6 Å². The molecule has 0 saturated heterocycles. The third kappa shape index (κ3) is 3.55. The molecule has 0 radical (unpaired) electrons. The molecule has 0 unspecified atom stereocenters. The van der Waals surface area contributed by atoms with E-state index < -0.39 is 0 Å². The first-order chi connectivity index (χ1) is 12.7. The highest BCUT2D eigenvalue weighted by Gasteiger charge is 2.31. The van der Waals surface area contributed by atoms with Crippen molar-refractivity contribution >= 4 is 11.8 Å². The Hall–Kier alpha value is -2.86. The number of nitrogens with one attached hydrogen (secondary N) is 2. The number of hydrogen-bond acceptors (Lipinski definition) is 4. The van der Waals surface area contributed by atoms with Crippen molar-refractivity contribution in [3.63, 3.8) is 0 Å². The van der Waals surface area contributed by atoms with Crippen LogP contribution in [-0.4, -0.2) is 45.7 Å². The number of carbonyl (C=O) groups excluding carboxylic acids is 2. The van der Waals surface area contributed by atoms with Crippen molar-refractivity contribution in [1.82, 2.24) is 10.6 Å². The second kappa shape index (κ2) is 8.01. The van der Waals surface area contributed by atoms with Gasteiger partial charge in [-0.25, -0.2) is 0 Å². The predicted octanol–water partition coefficient (Wildman–Crippen LogP) is 1.95. The fourth-order valence-electron chi connectivity index (χ4n) is 3.09. The van der Waals surface area contributed by atoms with E-state index in [4.69, 9.17) is 9.47 Å². The number of benzene rings is 2. The Balaban J connectivity index is 2.01. The first-order valence-electron chi connectivity index (χ1n) is 8.50. The zero-order valence-electron chi connectivity index (χ0n) is 14.9. The highest BCUT2D eigenvalue weighted by molar-refractivity contribution is 6.02. The number of ether oxygens (including phenoxy) is 2. The molecule has 2 aromatic carbocycles. The molecule has 1 aliphatic rings. The van der Waals surface area contributed by atoms with Crippen LogP contribution in [0, 0.1) is 0 Å². The van der Waals surface area contributed by atoms with Gasteiger partial charge >= 0.3 is 0 Å². The average molecular weight is 354 g/mol. The first kappa shape index (κ1) is 17.9. The quantitative estimate of drug-likeness (QED) is 0.778. The molecule has 1 heterocycles. The molecule has 1 aliphatic heterocycles. The Morgan fingerprint density at radius 1 is 1.19 bits per heavy atom. The summed E-state index contributed by atoms with van der Waals surface area (Å²) in [6.07, 6.45) is 0. The molecule has 6 nitrogen and oxygen atoms in total. The second-order valence-corrected chi connectivity index (χ2v) is 6.04. The summed E-state index contributed by atoms with van der Waals surface area (Å²) in [7, 11) is 3.14. The fourth-order valence-corrected chi connectivity index (χ4v) is 3.09. The van der Waals surface area contributed by atoms with E-state index in [1.165, 1.54) is 0 Å². The van der Waals surface area contributed by atoms with Crippen molar-refractivity contribution < 1.29 is 19.1 Å². The summed E-state index contributed by atoms with van der Waals surface area (Å²) in [4.78, 5) is 24.8. The highest BCUT2D eigenvalue weighted by Crippen LogP contribution is 2.41. The van der Waals surface area contributed by atoms with Crippen LogP contribution in [-0.2, 0) is 4.74 Å². The molecule has 0 saturated carbocycles. The van der Waals surface area contributed by atoms with Crippen molar-refractivity contribution in [2.75, 3.05) is 33.9 Å². The Labute approximate surface area is 152 Å². The maximum absolute atomic E-state index is 12.5. The van der Waals surface area contributed by atoms with Crippen molar-refractivity contribution in [1.29, 1.82) is 0 Å². The monoisotopic (exact) mass is 354 g/mol. The number of amides is 2. The molecule has 2 aromatic rings. The van der Waals surface area contributed by atoms with Crippen LogP contribution < -0.4 is 15.4 Å². The van der Waals surface area contributed by atoms with E-state index in [0.717, 1.165) is 11.1 Å². The topological polar surface area (TPSA) is 76.7 Å². The van der Waals surface area contributed by atoms with Gasteiger partial charge in [0, 0.05) is 37.7 Å². The summed E-state index contributed by atoms with van der Waals surface area (Å²) in [5, 5.41) is 5.41. The molecule has 0 bridgehead atoms. The van der Waals surface area contributed by atoms with Gasteiger partial charge in [0.2, 0.25) is 0 Å². The summed E-state index contributed by atoms with van der Waals surface area (Å²) < 4.78 is 10.8. The number of carbonyl (C=O) groups is 2. The van der Waals surface area contributed by atoms with Gasteiger partial charge in [-0.1, -0.05) is 30.3 Å². The molecular formula is C20H22N2O4. The van der Waals surface area contributed by atoms with E-state index in [0.29, 0.717) is 36.6 Å². The molecule has 136 valence electrons. The largest absolute Gasteiger partial charge is 0.491 e. The zero-order chi connectivity index (χ0) is 18.5. The maximum atomic E-state index is 12.5. The first-order valence-corrected chi connectivity index (χ1v) is 8.50. The zero-order valence-corrected chi connectivity index (χ0v) is 14.9. The Morgan fingerprint density at radius 3 is 2.65 bits per heavy atom. The molecule has 6 heteroatoms. The summed E-state index contributed by atoms with van der Waals surface area (Å²) >= 11 is 0. The number of rotatable bonds is 6. The minimum atomic E-state index is -0.276. The molecule has 2 N–H and O–H groups in total. The number of hydrogen-bond donors (Lipinski definition) is 2. The minimum Gasteiger partial charge on any atom is -0.491 e. The van der Waals surface area contributed by atoms with Crippen LogP contribution in [0.25, 0.3) is 0 Å². The van der Waals surface area contributed by atoms with E-state index in [-0.39, 0.29) is 17.7 Å². The van der Waals surface area contributed by atoms with Gasteiger partial charge in [-0.3, -0.25) is 9.59 Å². The van der Waals surface area contributed by atoms with Crippen LogP contribution in [0.1, 0.15) is 37.8 Å². The predicted molar refractivity (Wildman–Crippen MR) is 97.8 cm³/mol. The molecule has 0 aliphatic carbocycles. The van der Waals surface area contributed by atoms with Crippen LogP contribution in [0.15, 0.2) is 42.5 Å². The van der Waals surface area contributed by atoms with Gasteiger partial charge in [0.05, 0.1) is 18.8 Å². The third-order valence-electron chi connectivity index (χ3n) is 4.41. The highest BCUT2D eigenvalue weighted by atomic mass is 16.5. The van der Waals surface area contributed by atoms with Crippen LogP contribution in [0.3, 0.4) is 0 Å². The molecule has 26 heavy (non-hydrogen) atoms. The van der Waals surface area contributed by atoms with Gasteiger partial charge in [0.15, 0.2) is 0 Å². The van der Waals surface area contributed by atoms with E-state index >= 15 is 0 Å². The van der Waals surface area contributed by atoms with E-state index in [1.54, 1.807) is 20.2 Å². The van der Waals surface area contributed by atoms with Crippen LogP contribution in [0.4, 0.5) is 0 Å². The number of methoxy groups -OCH3 is 1. The molecule has 0 aromatic heterocycles. The van der Waals surface area contributed by atoms with Crippen LogP contribution in [0.5, 0.6) is 5.75 Å². The van der Waals surface area contributed by atoms with Gasteiger partial charge in [-0.15, -0.1) is 0 Å². The normalized spacial score (nSPS) is 15.1. The van der Waals surface area contributed by atoms with Crippen LogP contribution in [0.2, 0.25) is 0 Å². The molecule has 3 rings (SSSR count). The summed E-state index contributed by atoms with van der Waals surface area (Å²) in [6.45, 7) is 1.27. The smallest absolute Gasteiger partial charge is 0.254 e. The van der Waals surface area contributed by atoms with Crippen molar-refractivity contribution in [3.8, 4) is 5.75 Å². The summed E-state index contributed by atoms with van der Waals surface area (Å²) in [5.74, 6) is 0.0168. The van der Waals surface area contributed by atoms with Gasteiger partial charge in [0.1, 0.15) is 5.75 Å². The van der Waals surface area contributed by atoms with Gasteiger partial charge in [-0.05, 0) is 17.7 Å². The van der Waals surface area contributed by atoms with E-state index in [1.807, 2.05) is 36.4 Å². The molecular weight excluding hydrogens is 332 g/mol. The average Bonchev–Trinajstić information content (AvgIpc) is 3.11. The van der Waals surface area contributed by atoms with Gasteiger partial charge in [0.25, 0.3) is 11.8 Å². The summed E-state index contributed by atoms with van der Waals surface area (Å²) in [5.41, 5.74) is 2.76. The standard InChI is InChI=1S/C20H22N2O4/c1-21-20(24)16-11-14(19(23)22-8-9-25-2)10-15-17(12-26-18(15)16)13-6-4-3-5-7-13/h3-7,10-11,17H,8-9,12H2,1-2H3,(H,21,24)(H,22,23)/t17-/m1/s1. The lowest BCUT2D eigenvalue weighted by molar-refractivity contribution is 0.0937. The van der Waals surface area contributed by atoms with Gasteiger partial charge in [-0.2, -0.15) is 0 Å². The maximum Gasteiger partial charge on any atom is 0.254 e. The lowest BCUT2D eigenvalue weighted by Gasteiger charge is -2.13. The SMILES string of the molecule is CNC(=O)c1cc(C(=O)NCCOC)cc2c1OC[C@@H]2c1ccccc1. The minimum absolute atomic E-state index is 0.0127. The van der Waals surface area contributed by atoms with Crippen molar-refractivity contribution in [3.05, 3.63) is 64.7 Å².